The molecular formula is C25H29F3N4O. The number of piperidine rings is 1. The van der Waals surface area contributed by atoms with Gasteiger partial charge in [-0.15, -0.1) is 0 Å². The number of anilines is 1. The van der Waals surface area contributed by atoms with Gasteiger partial charge in [0.15, 0.2) is 0 Å². The van der Waals surface area contributed by atoms with Gasteiger partial charge in [-0.3, -0.25) is 0 Å². The van der Waals surface area contributed by atoms with Crippen LogP contribution in [0, 0.1) is 0 Å². The van der Waals surface area contributed by atoms with Crippen molar-refractivity contribution in [3.05, 3.63) is 65.9 Å². The van der Waals surface area contributed by atoms with Crippen LogP contribution in [0.1, 0.15) is 24.0 Å². The van der Waals surface area contributed by atoms with E-state index in [0.717, 1.165) is 43.6 Å². The first-order valence-corrected chi connectivity index (χ1v) is 11.2. The van der Waals surface area contributed by atoms with Gasteiger partial charge in [0.1, 0.15) is 0 Å². The fourth-order valence-corrected chi connectivity index (χ4v) is 4.56. The van der Waals surface area contributed by atoms with Crippen LogP contribution in [-0.2, 0) is 19.6 Å². The Morgan fingerprint density at radius 3 is 2.39 bits per heavy atom. The molecule has 0 spiro atoms. The minimum atomic E-state index is -4.40. The lowest BCUT2D eigenvalue weighted by molar-refractivity contribution is -0.137. The zero-order valence-corrected chi connectivity index (χ0v) is 18.9. The van der Waals surface area contributed by atoms with Crippen LogP contribution >= 0.6 is 0 Å². The Hall–Kier alpha value is -3.00. The fraction of sp³-hybridized carbons (Fsp3) is 0.400. The quantitative estimate of drug-likeness (QED) is 0.559. The lowest BCUT2D eigenvalue weighted by atomic mass is 10.0. The molecule has 1 aliphatic heterocycles. The standard InChI is InChI=1S/C25H29F3N4O/c1-30-14-12-21(13-15-30)32(16-11-18-17-31(2)23-6-4-3-5-22(18)23)24(33)29-20-9-7-19(8-10-20)25(26,27)28/h3-10,17,21H,11-16H2,1-2H3,(H,29,33). The van der Waals surface area contributed by atoms with Crippen LogP contribution in [-0.4, -0.2) is 53.1 Å². The zero-order chi connectivity index (χ0) is 23.6. The molecule has 2 aromatic carbocycles. The lowest BCUT2D eigenvalue weighted by Gasteiger charge is -2.37. The molecule has 0 bridgehead atoms. The summed E-state index contributed by atoms with van der Waals surface area (Å²) in [5, 5.41) is 3.98. The van der Waals surface area contributed by atoms with E-state index in [0.29, 0.717) is 18.7 Å². The number of aryl methyl sites for hydroxylation is 1. The Morgan fingerprint density at radius 2 is 1.73 bits per heavy atom. The summed E-state index contributed by atoms with van der Waals surface area (Å²) in [4.78, 5) is 17.3. The minimum Gasteiger partial charge on any atom is -0.350 e. The topological polar surface area (TPSA) is 40.5 Å². The Balaban J connectivity index is 1.51. The molecule has 0 unspecified atom stereocenters. The van der Waals surface area contributed by atoms with Gasteiger partial charge in [0.2, 0.25) is 0 Å². The fourth-order valence-electron chi connectivity index (χ4n) is 4.56. The number of benzene rings is 2. The van der Waals surface area contributed by atoms with Crippen LogP contribution in [0.25, 0.3) is 10.9 Å². The normalized spacial score (nSPS) is 15.7. The maximum Gasteiger partial charge on any atom is 0.416 e. The number of para-hydroxylation sites is 1. The second kappa shape index (κ2) is 9.47. The summed E-state index contributed by atoms with van der Waals surface area (Å²) in [7, 11) is 4.08. The molecule has 0 saturated carbocycles. The summed E-state index contributed by atoms with van der Waals surface area (Å²) in [6.45, 7) is 2.35. The number of hydrogen-bond donors (Lipinski definition) is 1. The molecule has 1 N–H and O–H groups in total. The summed E-state index contributed by atoms with van der Waals surface area (Å²) in [5.74, 6) is 0. The lowest BCUT2D eigenvalue weighted by Crippen LogP contribution is -2.48. The van der Waals surface area contributed by atoms with E-state index in [9.17, 15) is 18.0 Å². The zero-order valence-electron chi connectivity index (χ0n) is 18.9. The minimum absolute atomic E-state index is 0.0885. The average Bonchev–Trinajstić information content (AvgIpc) is 3.11. The number of likely N-dealkylation sites (tertiary alicyclic amines) is 1. The third-order valence-electron chi connectivity index (χ3n) is 6.45. The van der Waals surface area contributed by atoms with E-state index in [1.165, 1.54) is 23.1 Å². The van der Waals surface area contributed by atoms with Gasteiger partial charge >= 0.3 is 12.2 Å². The van der Waals surface area contributed by atoms with Crippen molar-refractivity contribution >= 4 is 22.6 Å². The van der Waals surface area contributed by atoms with E-state index >= 15 is 0 Å². The maximum absolute atomic E-state index is 13.2. The molecule has 0 atom stereocenters. The number of amides is 2. The van der Waals surface area contributed by atoms with Crippen LogP contribution < -0.4 is 5.32 Å². The number of rotatable bonds is 5. The number of nitrogens with zero attached hydrogens (tertiary/aromatic N) is 3. The van der Waals surface area contributed by atoms with E-state index in [1.807, 2.05) is 24.1 Å². The van der Waals surface area contributed by atoms with E-state index in [-0.39, 0.29) is 12.1 Å². The maximum atomic E-state index is 13.2. The summed E-state index contributed by atoms with van der Waals surface area (Å²) in [6.07, 6.45) is 0.138. The molecule has 0 aliphatic carbocycles. The summed E-state index contributed by atoms with van der Waals surface area (Å²) in [5.41, 5.74) is 1.95. The van der Waals surface area contributed by atoms with E-state index in [1.54, 1.807) is 0 Å². The molecule has 2 heterocycles. The number of urea groups is 1. The second-order valence-electron chi connectivity index (χ2n) is 8.77. The van der Waals surface area contributed by atoms with E-state index in [4.69, 9.17) is 0 Å². The van der Waals surface area contributed by atoms with Crippen molar-refractivity contribution in [3.63, 3.8) is 0 Å². The molecule has 1 saturated heterocycles. The number of aromatic nitrogens is 1. The van der Waals surface area contributed by atoms with Gasteiger partial charge in [-0.05, 0) is 75.3 Å². The third-order valence-corrected chi connectivity index (χ3v) is 6.45. The first-order valence-electron chi connectivity index (χ1n) is 11.2. The van der Waals surface area contributed by atoms with Gasteiger partial charge in [-0.1, -0.05) is 18.2 Å². The first kappa shape index (κ1) is 23.2. The van der Waals surface area contributed by atoms with E-state index < -0.39 is 11.7 Å². The van der Waals surface area contributed by atoms with Gasteiger partial charge < -0.3 is 19.7 Å². The van der Waals surface area contributed by atoms with Crippen molar-refractivity contribution in [2.75, 3.05) is 32.0 Å². The van der Waals surface area contributed by atoms with Crippen LogP contribution in [0.2, 0.25) is 0 Å². The van der Waals surface area contributed by atoms with Crippen LogP contribution in [0.5, 0.6) is 0 Å². The third kappa shape index (κ3) is 5.33. The molecule has 1 fully saturated rings. The molecule has 8 heteroatoms. The summed E-state index contributed by atoms with van der Waals surface area (Å²) < 4.78 is 40.7. The average molecular weight is 459 g/mol. The van der Waals surface area contributed by atoms with Gasteiger partial charge in [0.25, 0.3) is 0 Å². The molecule has 0 radical (unpaired) electrons. The van der Waals surface area contributed by atoms with Gasteiger partial charge in [0, 0.05) is 42.4 Å². The highest BCUT2D eigenvalue weighted by Gasteiger charge is 2.30. The Bertz CT molecular complexity index is 1100. The van der Waals surface area contributed by atoms with Crippen molar-refractivity contribution in [1.29, 1.82) is 0 Å². The van der Waals surface area contributed by atoms with Crippen LogP contribution in [0.3, 0.4) is 0 Å². The Kier molecular flexibility index (Phi) is 6.65. The monoisotopic (exact) mass is 458 g/mol. The second-order valence-corrected chi connectivity index (χ2v) is 8.77. The summed E-state index contributed by atoms with van der Waals surface area (Å²) >= 11 is 0. The molecule has 33 heavy (non-hydrogen) atoms. The molecule has 1 aromatic heterocycles. The number of carbonyl (C=O) groups is 1. The van der Waals surface area contributed by atoms with Crippen molar-refractivity contribution in [3.8, 4) is 0 Å². The van der Waals surface area contributed by atoms with Gasteiger partial charge in [0.05, 0.1) is 5.56 Å². The highest BCUT2D eigenvalue weighted by atomic mass is 19.4. The smallest absolute Gasteiger partial charge is 0.350 e. The number of alkyl halides is 3. The number of fused-ring (bicyclic) bond motifs is 1. The van der Waals surface area contributed by atoms with Crippen molar-refractivity contribution < 1.29 is 18.0 Å². The van der Waals surface area contributed by atoms with Gasteiger partial charge in [-0.25, -0.2) is 4.79 Å². The molecule has 1 aliphatic rings. The summed E-state index contributed by atoms with van der Waals surface area (Å²) in [6, 6.07) is 12.6. The molecule has 2 amide bonds. The van der Waals surface area contributed by atoms with Crippen molar-refractivity contribution in [2.24, 2.45) is 7.05 Å². The van der Waals surface area contributed by atoms with Crippen LogP contribution in [0.15, 0.2) is 54.7 Å². The molecule has 4 rings (SSSR count). The first-order chi connectivity index (χ1) is 15.7. The number of nitrogens with one attached hydrogen (secondary N) is 1. The number of halogens is 3. The number of carbonyl (C=O) groups excluding carboxylic acids is 1. The molecular weight excluding hydrogens is 429 g/mol. The van der Waals surface area contributed by atoms with Crippen molar-refractivity contribution in [1.82, 2.24) is 14.4 Å². The van der Waals surface area contributed by atoms with Crippen molar-refractivity contribution in [2.45, 2.75) is 31.5 Å². The Morgan fingerprint density at radius 1 is 1.06 bits per heavy atom. The predicted molar refractivity (Wildman–Crippen MR) is 124 cm³/mol. The highest BCUT2D eigenvalue weighted by molar-refractivity contribution is 5.89. The molecule has 176 valence electrons. The predicted octanol–water partition coefficient (Wildman–Crippen LogP) is 5.37. The number of hydrogen-bond acceptors (Lipinski definition) is 2. The van der Waals surface area contributed by atoms with E-state index in [2.05, 4.69) is 40.2 Å². The molecule has 3 aromatic rings. The van der Waals surface area contributed by atoms with Crippen LogP contribution in [0.4, 0.5) is 23.7 Å². The largest absolute Gasteiger partial charge is 0.416 e. The molecule has 5 nitrogen and oxygen atoms in total. The Labute approximate surface area is 191 Å². The SMILES string of the molecule is CN1CCC(N(CCc2cn(C)c3ccccc23)C(=O)Nc2ccc(C(F)(F)F)cc2)CC1. The highest BCUT2D eigenvalue weighted by Crippen LogP contribution is 2.30. The van der Waals surface area contributed by atoms with Gasteiger partial charge in [-0.2, -0.15) is 13.2 Å².